The van der Waals surface area contributed by atoms with E-state index in [0.717, 1.165) is 20.3 Å². The summed E-state index contributed by atoms with van der Waals surface area (Å²) in [6.45, 7) is 2.00. The highest BCUT2D eigenvalue weighted by Gasteiger charge is 2.12. The average Bonchev–Trinajstić information content (AvgIpc) is 2.76. The fourth-order valence-electron chi connectivity index (χ4n) is 1.43. The minimum absolute atomic E-state index is 0.0174. The Kier molecular flexibility index (Phi) is 4.59. The van der Waals surface area contributed by atoms with E-state index in [1.54, 1.807) is 0 Å². The molecule has 0 aliphatic rings. The van der Waals surface area contributed by atoms with Gasteiger partial charge in [-0.2, -0.15) is 0 Å². The molecule has 0 N–H and O–H groups in total. The van der Waals surface area contributed by atoms with Crippen molar-refractivity contribution in [3.8, 4) is 5.75 Å². The Labute approximate surface area is 126 Å². The summed E-state index contributed by atoms with van der Waals surface area (Å²) >= 11 is 8.14. The Morgan fingerprint density at radius 2 is 2.11 bits per heavy atom. The van der Waals surface area contributed by atoms with Gasteiger partial charge in [0.05, 0.1) is 4.88 Å². The number of ether oxygens (including phenoxy) is 1. The molecule has 0 bridgehead atoms. The Bertz CT molecular complexity index is 578. The van der Waals surface area contributed by atoms with Crippen LogP contribution in [0.3, 0.4) is 0 Å². The molecule has 0 atom stereocenters. The first-order valence-electron chi connectivity index (χ1n) is 5.23. The molecule has 0 radical (unpaired) electrons. The number of benzene rings is 1. The van der Waals surface area contributed by atoms with Gasteiger partial charge in [-0.25, -0.2) is 0 Å². The largest absolute Gasteiger partial charge is 0.485 e. The van der Waals surface area contributed by atoms with Crippen LogP contribution in [0.15, 0.2) is 38.6 Å². The van der Waals surface area contributed by atoms with E-state index < -0.39 is 0 Å². The lowest BCUT2D eigenvalue weighted by Crippen LogP contribution is -2.11. The summed E-state index contributed by atoms with van der Waals surface area (Å²) in [6.07, 6.45) is 0. The topological polar surface area (TPSA) is 26.3 Å². The molecule has 1 aromatic carbocycles. The number of carbonyl (C=O) groups is 1. The lowest BCUT2D eigenvalue weighted by atomic mass is 10.2. The molecule has 1 heterocycles. The first-order chi connectivity index (χ1) is 8.58. The maximum absolute atomic E-state index is 11.9. The highest BCUT2D eigenvalue weighted by molar-refractivity contribution is 9.10. The van der Waals surface area contributed by atoms with Crippen LogP contribution in [-0.2, 0) is 0 Å². The van der Waals surface area contributed by atoms with E-state index in [9.17, 15) is 4.79 Å². The van der Waals surface area contributed by atoms with Crippen molar-refractivity contribution in [2.24, 2.45) is 0 Å². The molecule has 18 heavy (non-hydrogen) atoms. The smallest absolute Gasteiger partial charge is 0.211 e. The molecule has 0 saturated heterocycles. The predicted molar refractivity (Wildman–Crippen MR) is 80.7 cm³/mol. The van der Waals surface area contributed by atoms with Gasteiger partial charge < -0.3 is 4.74 Å². The number of thiophene rings is 1. The van der Waals surface area contributed by atoms with Gasteiger partial charge in [-0.3, -0.25) is 4.79 Å². The van der Waals surface area contributed by atoms with E-state index in [4.69, 9.17) is 4.74 Å². The van der Waals surface area contributed by atoms with E-state index in [2.05, 4.69) is 31.9 Å². The Morgan fingerprint density at radius 3 is 2.78 bits per heavy atom. The van der Waals surface area contributed by atoms with Crippen LogP contribution in [0, 0.1) is 6.92 Å². The van der Waals surface area contributed by atoms with Gasteiger partial charge in [0.2, 0.25) is 5.78 Å². The van der Waals surface area contributed by atoms with Crippen LogP contribution in [-0.4, -0.2) is 12.4 Å². The number of Topliss-reactive ketones (excluding diaryl/α,β-unsaturated/α-hetero) is 1. The Morgan fingerprint density at radius 1 is 1.33 bits per heavy atom. The minimum atomic E-state index is -0.0174. The zero-order valence-electron chi connectivity index (χ0n) is 9.57. The SMILES string of the molecule is Cc1ccc(Br)cc1OCC(=O)c1sccc1Br. The fourth-order valence-corrected chi connectivity index (χ4v) is 3.29. The van der Waals surface area contributed by atoms with Crippen LogP contribution < -0.4 is 4.74 Å². The van der Waals surface area contributed by atoms with Crippen LogP contribution in [0.4, 0.5) is 0 Å². The summed E-state index contributed by atoms with van der Waals surface area (Å²) in [4.78, 5) is 12.6. The zero-order valence-corrected chi connectivity index (χ0v) is 13.6. The third-order valence-corrected chi connectivity index (χ3v) is 4.75. The molecular formula is C13H10Br2O2S. The molecule has 0 fully saturated rings. The van der Waals surface area contributed by atoms with Crippen molar-refractivity contribution in [1.82, 2.24) is 0 Å². The molecule has 0 amide bonds. The monoisotopic (exact) mass is 388 g/mol. The molecular weight excluding hydrogens is 380 g/mol. The quantitative estimate of drug-likeness (QED) is 0.699. The highest BCUT2D eigenvalue weighted by atomic mass is 79.9. The second-order valence-corrected chi connectivity index (χ2v) is 6.41. The van der Waals surface area contributed by atoms with E-state index in [1.165, 1.54) is 11.3 Å². The van der Waals surface area contributed by atoms with Gasteiger partial charge in [-0.05, 0) is 52.0 Å². The fraction of sp³-hybridized carbons (Fsp3) is 0.154. The van der Waals surface area contributed by atoms with Crippen molar-refractivity contribution in [3.63, 3.8) is 0 Å². The first-order valence-corrected chi connectivity index (χ1v) is 7.69. The number of hydrogen-bond acceptors (Lipinski definition) is 3. The number of aryl methyl sites for hydroxylation is 1. The highest BCUT2D eigenvalue weighted by Crippen LogP contribution is 2.25. The molecule has 0 unspecified atom stereocenters. The van der Waals surface area contributed by atoms with E-state index in [0.29, 0.717) is 4.88 Å². The summed E-state index contributed by atoms with van der Waals surface area (Å²) < 4.78 is 7.33. The molecule has 0 saturated carbocycles. The molecule has 0 aliphatic carbocycles. The first kappa shape index (κ1) is 13.8. The third kappa shape index (κ3) is 3.22. The normalized spacial score (nSPS) is 10.4. The summed E-state index contributed by atoms with van der Waals surface area (Å²) in [7, 11) is 0. The van der Waals surface area contributed by atoms with E-state index in [1.807, 2.05) is 36.6 Å². The lowest BCUT2D eigenvalue weighted by molar-refractivity contribution is 0.0924. The van der Waals surface area contributed by atoms with Crippen LogP contribution in [0.5, 0.6) is 5.75 Å². The van der Waals surface area contributed by atoms with Gasteiger partial charge in [0.1, 0.15) is 5.75 Å². The Hall–Kier alpha value is -0.650. The summed E-state index contributed by atoms with van der Waals surface area (Å²) in [5, 5.41) is 1.88. The molecule has 94 valence electrons. The van der Waals surface area contributed by atoms with Crippen molar-refractivity contribution in [2.45, 2.75) is 6.92 Å². The van der Waals surface area contributed by atoms with Crippen molar-refractivity contribution in [2.75, 3.05) is 6.61 Å². The number of carbonyl (C=O) groups excluding carboxylic acids is 1. The predicted octanol–water partition coefficient (Wildman–Crippen LogP) is 4.84. The molecule has 2 rings (SSSR count). The van der Waals surface area contributed by atoms with Gasteiger partial charge in [0.25, 0.3) is 0 Å². The van der Waals surface area contributed by atoms with Crippen LogP contribution >= 0.6 is 43.2 Å². The Balaban J connectivity index is 2.06. The van der Waals surface area contributed by atoms with Crippen molar-refractivity contribution >= 4 is 49.0 Å². The van der Waals surface area contributed by atoms with Gasteiger partial charge in [-0.15, -0.1) is 11.3 Å². The standard InChI is InChI=1S/C13H10Br2O2S/c1-8-2-3-9(14)6-12(8)17-7-11(16)13-10(15)4-5-18-13/h2-6H,7H2,1H3. The van der Waals surface area contributed by atoms with Gasteiger partial charge in [-0.1, -0.05) is 22.0 Å². The second-order valence-electron chi connectivity index (χ2n) is 3.72. The lowest BCUT2D eigenvalue weighted by Gasteiger charge is -2.08. The third-order valence-electron chi connectivity index (χ3n) is 2.38. The summed E-state index contributed by atoms with van der Waals surface area (Å²) in [5.74, 6) is 0.710. The zero-order chi connectivity index (χ0) is 13.1. The molecule has 2 aromatic rings. The summed E-state index contributed by atoms with van der Waals surface area (Å²) in [6, 6.07) is 7.62. The van der Waals surface area contributed by atoms with Crippen molar-refractivity contribution < 1.29 is 9.53 Å². The minimum Gasteiger partial charge on any atom is -0.485 e. The summed E-state index contributed by atoms with van der Waals surface area (Å²) in [5.41, 5.74) is 1.01. The van der Waals surface area contributed by atoms with E-state index in [-0.39, 0.29) is 12.4 Å². The molecule has 0 spiro atoms. The molecule has 2 nitrogen and oxygen atoms in total. The maximum atomic E-state index is 11.9. The van der Waals surface area contributed by atoms with Crippen LogP contribution in [0.25, 0.3) is 0 Å². The number of rotatable bonds is 4. The van der Waals surface area contributed by atoms with E-state index >= 15 is 0 Å². The van der Waals surface area contributed by atoms with Gasteiger partial charge in [0, 0.05) is 8.95 Å². The second kappa shape index (κ2) is 5.99. The molecule has 0 aliphatic heterocycles. The average molecular weight is 390 g/mol. The van der Waals surface area contributed by atoms with Gasteiger partial charge in [0.15, 0.2) is 6.61 Å². The van der Waals surface area contributed by atoms with Crippen molar-refractivity contribution in [1.29, 1.82) is 0 Å². The van der Waals surface area contributed by atoms with Crippen LogP contribution in [0.2, 0.25) is 0 Å². The maximum Gasteiger partial charge on any atom is 0.211 e. The number of hydrogen-bond donors (Lipinski definition) is 0. The number of halogens is 2. The number of ketones is 1. The molecule has 5 heteroatoms. The van der Waals surface area contributed by atoms with Crippen molar-refractivity contribution in [3.05, 3.63) is 49.0 Å². The molecule has 1 aromatic heterocycles. The van der Waals surface area contributed by atoms with Gasteiger partial charge >= 0.3 is 0 Å². The van der Waals surface area contributed by atoms with Crippen LogP contribution in [0.1, 0.15) is 15.2 Å².